The van der Waals surface area contributed by atoms with Gasteiger partial charge in [0.15, 0.2) is 0 Å². The van der Waals surface area contributed by atoms with Crippen molar-refractivity contribution in [2.24, 2.45) is 11.7 Å². The Morgan fingerprint density at radius 3 is 3.00 bits per heavy atom. The fourth-order valence-corrected chi connectivity index (χ4v) is 2.35. The van der Waals surface area contributed by atoms with E-state index in [9.17, 15) is 0 Å². The quantitative estimate of drug-likeness (QED) is 0.733. The first kappa shape index (κ1) is 8.76. The van der Waals surface area contributed by atoms with Crippen LogP contribution in [0.3, 0.4) is 0 Å². The Bertz CT molecular complexity index is 293. The molecule has 0 saturated carbocycles. The van der Waals surface area contributed by atoms with Crippen LogP contribution in [0, 0.1) is 5.92 Å². The van der Waals surface area contributed by atoms with E-state index in [4.69, 9.17) is 5.73 Å². The minimum Gasteiger partial charge on any atom is -0.330 e. The Balaban J connectivity index is 2.28. The van der Waals surface area contributed by atoms with Crippen molar-refractivity contribution >= 4 is 0 Å². The summed E-state index contributed by atoms with van der Waals surface area (Å²) in [5, 5.41) is 0. The number of benzene rings is 1. The number of aryl methyl sites for hydroxylation is 1. The number of fused-ring (bicyclic) bond motifs is 1. The summed E-state index contributed by atoms with van der Waals surface area (Å²) < 4.78 is 0. The van der Waals surface area contributed by atoms with E-state index < -0.39 is 0 Å². The maximum absolute atomic E-state index is 5.71. The number of rotatable bonds is 2. The van der Waals surface area contributed by atoms with Crippen molar-refractivity contribution in [1.82, 2.24) is 0 Å². The van der Waals surface area contributed by atoms with Crippen molar-refractivity contribution in [1.29, 1.82) is 0 Å². The average molecular weight is 175 g/mol. The van der Waals surface area contributed by atoms with E-state index in [1.807, 2.05) is 0 Å². The Labute approximate surface area is 80.0 Å². The van der Waals surface area contributed by atoms with Crippen LogP contribution < -0.4 is 5.73 Å². The van der Waals surface area contributed by atoms with Crippen molar-refractivity contribution in [2.75, 3.05) is 6.54 Å². The Morgan fingerprint density at radius 1 is 1.46 bits per heavy atom. The van der Waals surface area contributed by atoms with Gasteiger partial charge in [-0.25, -0.2) is 0 Å². The fraction of sp³-hybridized carbons (Fsp3) is 0.500. The second-order valence-corrected chi connectivity index (χ2v) is 4.06. The summed E-state index contributed by atoms with van der Waals surface area (Å²) in [7, 11) is 0. The van der Waals surface area contributed by atoms with Crippen LogP contribution >= 0.6 is 0 Å². The summed E-state index contributed by atoms with van der Waals surface area (Å²) in [6.45, 7) is 3.06. The Kier molecular flexibility index (Phi) is 2.36. The molecule has 1 unspecified atom stereocenters. The van der Waals surface area contributed by atoms with Crippen LogP contribution in [0.2, 0.25) is 0 Å². The van der Waals surface area contributed by atoms with Crippen LogP contribution in [-0.4, -0.2) is 6.54 Å². The minimum atomic E-state index is 0.628. The Hall–Kier alpha value is -0.820. The predicted octanol–water partition coefficient (Wildman–Crippen LogP) is 2.31. The molecule has 2 N–H and O–H groups in total. The highest BCUT2D eigenvalue weighted by atomic mass is 14.6. The normalized spacial score (nSPS) is 22.8. The molecule has 2 atom stereocenters. The standard InChI is InChI=1S/C12H17N/c1-9(8-13)11-7-6-10-4-2-3-5-12(10)11/h2-5,9,11H,6-8,13H2,1H3/t9-,11?/m0/s1. The van der Waals surface area contributed by atoms with Crippen LogP contribution in [-0.2, 0) is 6.42 Å². The molecular formula is C12H17N. The SMILES string of the molecule is C[C@@H](CN)C1CCc2ccccc21. The van der Waals surface area contributed by atoms with Gasteiger partial charge in [-0.1, -0.05) is 31.2 Å². The molecular weight excluding hydrogens is 158 g/mol. The topological polar surface area (TPSA) is 26.0 Å². The van der Waals surface area contributed by atoms with Gasteiger partial charge in [0.25, 0.3) is 0 Å². The molecule has 0 fully saturated rings. The predicted molar refractivity (Wildman–Crippen MR) is 55.7 cm³/mol. The smallest absolute Gasteiger partial charge is 0.00457 e. The maximum Gasteiger partial charge on any atom is -0.00457 e. The first-order chi connectivity index (χ1) is 6.33. The van der Waals surface area contributed by atoms with Gasteiger partial charge < -0.3 is 5.73 Å². The highest BCUT2D eigenvalue weighted by Crippen LogP contribution is 2.37. The lowest BCUT2D eigenvalue weighted by molar-refractivity contribution is 0.466. The molecule has 0 bridgehead atoms. The van der Waals surface area contributed by atoms with Crippen molar-refractivity contribution in [3.05, 3.63) is 35.4 Å². The summed E-state index contributed by atoms with van der Waals surface area (Å²) in [6, 6.07) is 8.78. The third-order valence-electron chi connectivity index (χ3n) is 3.24. The molecule has 1 aromatic rings. The van der Waals surface area contributed by atoms with Gasteiger partial charge in [0.2, 0.25) is 0 Å². The number of nitrogens with two attached hydrogens (primary N) is 1. The van der Waals surface area contributed by atoms with Gasteiger partial charge in [-0.15, -0.1) is 0 Å². The van der Waals surface area contributed by atoms with Crippen LogP contribution in [0.15, 0.2) is 24.3 Å². The molecule has 0 saturated heterocycles. The highest BCUT2D eigenvalue weighted by molar-refractivity contribution is 5.35. The summed E-state index contributed by atoms with van der Waals surface area (Å²) in [5.41, 5.74) is 8.79. The van der Waals surface area contributed by atoms with Gasteiger partial charge in [-0.3, -0.25) is 0 Å². The van der Waals surface area contributed by atoms with Gasteiger partial charge in [0.05, 0.1) is 0 Å². The zero-order chi connectivity index (χ0) is 9.26. The second-order valence-electron chi connectivity index (χ2n) is 4.06. The fourth-order valence-electron chi connectivity index (χ4n) is 2.35. The molecule has 70 valence electrons. The van der Waals surface area contributed by atoms with Gasteiger partial charge in [-0.05, 0) is 42.3 Å². The van der Waals surface area contributed by atoms with Gasteiger partial charge >= 0.3 is 0 Å². The molecule has 0 amide bonds. The van der Waals surface area contributed by atoms with Crippen LogP contribution in [0.5, 0.6) is 0 Å². The van der Waals surface area contributed by atoms with Crippen LogP contribution in [0.1, 0.15) is 30.4 Å². The van der Waals surface area contributed by atoms with E-state index in [1.54, 1.807) is 5.56 Å². The Morgan fingerprint density at radius 2 is 2.23 bits per heavy atom. The molecule has 0 aromatic heterocycles. The lowest BCUT2D eigenvalue weighted by Gasteiger charge is -2.18. The first-order valence-electron chi connectivity index (χ1n) is 5.11. The molecule has 1 aromatic carbocycles. The highest BCUT2D eigenvalue weighted by Gasteiger charge is 2.25. The first-order valence-corrected chi connectivity index (χ1v) is 5.11. The zero-order valence-electron chi connectivity index (χ0n) is 8.16. The van der Waals surface area contributed by atoms with Crippen molar-refractivity contribution in [3.63, 3.8) is 0 Å². The minimum absolute atomic E-state index is 0.628. The summed E-state index contributed by atoms with van der Waals surface area (Å²) in [4.78, 5) is 0. The second kappa shape index (κ2) is 3.51. The van der Waals surface area contributed by atoms with Gasteiger partial charge in [-0.2, -0.15) is 0 Å². The third-order valence-corrected chi connectivity index (χ3v) is 3.24. The largest absolute Gasteiger partial charge is 0.330 e. The molecule has 1 aliphatic carbocycles. The van der Waals surface area contributed by atoms with E-state index in [0.717, 1.165) is 6.54 Å². The molecule has 0 aliphatic heterocycles. The molecule has 0 spiro atoms. The van der Waals surface area contributed by atoms with E-state index in [2.05, 4.69) is 31.2 Å². The molecule has 1 nitrogen and oxygen atoms in total. The van der Waals surface area contributed by atoms with Gasteiger partial charge in [0.1, 0.15) is 0 Å². The molecule has 0 radical (unpaired) electrons. The maximum atomic E-state index is 5.71. The van der Waals surface area contributed by atoms with Crippen molar-refractivity contribution < 1.29 is 0 Å². The van der Waals surface area contributed by atoms with E-state index >= 15 is 0 Å². The van der Waals surface area contributed by atoms with Gasteiger partial charge in [0, 0.05) is 0 Å². The summed E-state index contributed by atoms with van der Waals surface area (Å²) in [6.07, 6.45) is 2.53. The number of hydrogen-bond donors (Lipinski definition) is 1. The lowest BCUT2D eigenvalue weighted by atomic mass is 9.89. The van der Waals surface area contributed by atoms with Crippen LogP contribution in [0.25, 0.3) is 0 Å². The van der Waals surface area contributed by atoms with Crippen LogP contribution in [0.4, 0.5) is 0 Å². The molecule has 2 rings (SSSR count). The summed E-state index contributed by atoms with van der Waals surface area (Å²) >= 11 is 0. The van der Waals surface area contributed by atoms with Crippen molar-refractivity contribution in [2.45, 2.75) is 25.7 Å². The van der Waals surface area contributed by atoms with Crippen molar-refractivity contribution in [3.8, 4) is 0 Å². The third kappa shape index (κ3) is 1.49. The zero-order valence-corrected chi connectivity index (χ0v) is 8.16. The van der Waals surface area contributed by atoms with E-state index in [-0.39, 0.29) is 0 Å². The molecule has 13 heavy (non-hydrogen) atoms. The monoisotopic (exact) mass is 175 g/mol. The summed E-state index contributed by atoms with van der Waals surface area (Å²) in [5.74, 6) is 1.34. The molecule has 0 heterocycles. The molecule has 1 aliphatic rings. The lowest BCUT2D eigenvalue weighted by Crippen LogP contribution is -2.17. The molecule has 1 heteroatoms. The average Bonchev–Trinajstić information content (AvgIpc) is 2.60. The number of hydrogen-bond acceptors (Lipinski definition) is 1. The van der Waals surface area contributed by atoms with E-state index in [1.165, 1.54) is 18.4 Å². The van der Waals surface area contributed by atoms with E-state index in [0.29, 0.717) is 11.8 Å².